The molecule has 0 saturated heterocycles. The molecule has 0 aliphatic heterocycles. The van der Waals surface area contributed by atoms with Crippen molar-refractivity contribution in [3.05, 3.63) is 18.2 Å². The van der Waals surface area contributed by atoms with Crippen LogP contribution in [-0.4, -0.2) is 51.9 Å². The fraction of sp³-hybridized carbons (Fsp3) is 0.733. The van der Waals surface area contributed by atoms with Gasteiger partial charge in [-0.3, -0.25) is 0 Å². The monoisotopic (exact) mass is 348 g/mol. The Hall–Kier alpha value is -1.77. The van der Waals surface area contributed by atoms with E-state index in [4.69, 9.17) is 0 Å². The van der Waals surface area contributed by atoms with Gasteiger partial charge >= 0.3 is 12.2 Å². The zero-order chi connectivity index (χ0) is 18.0. The average molecular weight is 348 g/mol. The fourth-order valence-electron chi connectivity index (χ4n) is 2.78. The normalized spacial score (nSPS) is 17.9. The third kappa shape index (κ3) is 3.82. The third-order valence-electron chi connectivity index (χ3n) is 4.53. The number of hydrogen-bond acceptors (Lipinski definition) is 3. The summed E-state index contributed by atoms with van der Waals surface area (Å²) in [5, 5.41) is 12.6. The Morgan fingerprint density at radius 2 is 2.17 bits per heavy atom. The molecule has 1 saturated carbocycles. The molecule has 2 rings (SSSR count). The average Bonchev–Trinajstić information content (AvgIpc) is 2.87. The summed E-state index contributed by atoms with van der Waals surface area (Å²) in [6.07, 6.45) is 0.227. The van der Waals surface area contributed by atoms with Crippen LogP contribution in [0.15, 0.2) is 12.4 Å². The fourth-order valence-corrected chi connectivity index (χ4v) is 2.78. The zero-order valence-electron chi connectivity index (χ0n) is 13.8. The van der Waals surface area contributed by atoms with E-state index in [1.807, 2.05) is 0 Å². The van der Waals surface area contributed by atoms with Crippen LogP contribution < -0.4 is 5.32 Å². The maximum atomic E-state index is 13.3. The van der Waals surface area contributed by atoms with Gasteiger partial charge in [0.2, 0.25) is 5.60 Å². The summed E-state index contributed by atoms with van der Waals surface area (Å²) in [4.78, 5) is 17.0. The Kier molecular flexibility index (Phi) is 5.42. The molecule has 0 radical (unpaired) electrons. The summed E-state index contributed by atoms with van der Waals surface area (Å²) in [6, 6.07) is -0.439. The Morgan fingerprint density at radius 3 is 2.62 bits per heavy atom. The molecule has 1 aromatic rings. The van der Waals surface area contributed by atoms with Crippen LogP contribution in [-0.2, 0) is 12.6 Å². The smallest absolute Gasteiger partial charge is 0.374 e. The van der Waals surface area contributed by atoms with Gasteiger partial charge in [-0.05, 0) is 18.8 Å². The molecule has 6 nitrogen and oxygen atoms in total. The summed E-state index contributed by atoms with van der Waals surface area (Å²) in [5.41, 5.74) is -3.11. The number of nitrogens with zero attached hydrogens (tertiary/aromatic N) is 3. The Labute approximate surface area is 138 Å². The summed E-state index contributed by atoms with van der Waals surface area (Å²) in [5.74, 6) is -0.0208. The molecule has 1 unspecified atom stereocenters. The number of nitrogens with one attached hydrogen (secondary N) is 1. The standard InChI is InChI=1S/C15H23F3N4O2/c1-21-9-8-19-12(21)14(24,15(16,17)18)6-7-20-13(23)22(2)10-11-4-3-5-11/h8-9,11,24H,3-7,10H2,1-2H3,(H,20,23). The predicted molar refractivity (Wildman–Crippen MR) is 81.1 cm³/mol. The van der Waals surface area contributed by atoms with Crippen molar-refractivity contribution in [3.63, 3.8) is 0 Å². The van der Waals surface area contributed by atoms with E-state index in [0.717, 1.165) is 23.8 Å². The topological polar surface area (TPSA) is 70.4 Å². The lowest BCUT2D eigenvalue weighted by atomic mass is 9.85. The van der Waals surface area contributed by atoms with Crippen LogP contribution in [0.3, 0.4) is 0 Å². The molecule has 1 atom stereocenters. The molecule has 9 heteroatoms. The van der Waals surface area contributed by atoms with Crippen molar-refractivity contribution in [2.75, 3.05) is 20.1 Å². The van der Waals surface area contributed by atoms with Gasteiger partial charge in [0.05, 0.1) is 0 Å². The minimum atomic E-state index is -4.89. The van der Waals surface area contributed by atoms with Crippen molar-refractivity contribution in [1.82, 2.24) is 19.8 Å². The SMILES string of the molecule is CN(CC1CCC1)C(=O)NCCC(O)(c1nccn1C)C(F)(F)F. The zero-order valence-corrected chi connectivity index (χ0v) is 13.8. The Balaban J connectivity index is 1.94. The number of alkyl halides is 3. The summed E-state index contributed by atoms with van der Waals surface area (Å²) < 4.78 is 41.1. The van der Waals surface area contributed by atoms with Gasteiger partial charge in [0, 0.05) is 46.0 Å². The highest BCUT2D eigenvalue weighted by atomic mass is 19.4. The first-order chi connectivity index (χ1) is 11.1. The van der Waals surface area contributed by atoms with Crippen LogP contribution in [0.4, 0.5) is 18.0 Å². The summed E-state index contributed by atoms with van der Waals surface area (Å²) in [6.45, 7) is 0.283. The number of halogens is 3. The van der Waals surface area contributed by atoms with E-state index in [1.54, 1.807) is 7.05 Å². The number of rotatable bonds is 6. The van der Waals surface area contributed by atoms with Crippen LogP contribution in [0.2, 0.25) is 0 Å². The number of amides is 2. The lowest BCUT2D eigenvalue weighted by Crippen LogP contribution is -2.48. The first-order valence-electron chi connectivity index (χ1n) is 7.91. The lowest BCUT2D eigenvalue weighted by molar-refractivity contribution is -0.272. The second kappa shape index (κ2) is 7.00. The van der Waals surface area contributed by atoms with E-state index >= 15 is 0 Å². The van der Waals surface area contributed by atoms with Crippen LogP contribution in [0.25, 0.3) is 0 Å². The number of aliphatic hydroxyl groups is 1. The van der Waals surface area contributed by atoms with Gasteiger partial charge in [-0.2, -0.15) is 13.2 Å². The number of aromatic nitrogens is 2. The van der Waals surface area contributed by atoms with Gasteiger partial charge in [0.1, 0.15) is 5.82 Å². The van der Waals surface area contributed by atoms with E-state index in [9.17, 15) is 23.1 Å². The second-order valence-electron chi connectivity index (χ2n) is 6.38. The van der Waals surface area contributed by atoms with Crippen molar-refractivity contribution in [1.29, 1.82) is 0 Å². The molecular weight excluding hydrogens is 325 g/mol. The van der Waals surface area contributed by atoms with Crippen LogP contribution >= 0.6 is 0 Å². The van der Waals surface area contributed by atoms with E-state index in [-0.39, 0.29) is 6.54 Å². The highest BCUT2D eigenvalue weighted by Crippen LogP contribution is 2.40. The molecule has 2 N–H and O–H groups in total. The Morgan fingerprint density at radius 1 is 1.50 bits per heavy atom. The van der Waals surface area contributed by atoms with Crippen molar-refractivity contribution in [2.24, 2.45) is 13.0 Å². The van der Waals surface area contributed by atoms with Crippen molar-refractivity contribution in [2.45, 2.75) is 37.5 Å². The molecule has 24 heavy (non-hydrogen) atoms. The minimum Gasteiger partial charge on any atom is -0.374 e. The highest BCUT2D eigenvalue weighted by Gasteiger charge is 2.57. The van der Waals surface area contributed by atoms with Crippen molar-refractivity contribution >= 4 is 6.03 Å². The van der Waals surface area contributed by atoms with Gasteiger partial charge in [-0.1, -0.05) is 6.42 Å². The first-order valence-corrected chi connectivity index (χ1v) is 7.91. The number of carbonyl (C=O) groups is 1. The largest absolute Gasteiger partial charge is 0.424 e. The molecule has 0 spiro atoms. The molecule has 0 aromatic carbocycles. The number of carbonyl (C=O) groups excluding carboxylic acids is 1. The molecule has 1 heterocycles. The molecule has 1 fully saturated rings. The van der Waals surface area contributed by atoms with E-state index in [2.05, 4.69) is 10.3 Å². The van der Waals surface area contributed by atoms with Gasteiger partial charge in [-0.15, -0.1) is 0 Å². The van der Waals surface area contributed by atoms with E-state index < -0.39 is 30.1 Å². The van der Waals surface area contributed by atoms with Gasteiger partial charge in [0.25, 0.3) is 0 Å². The van der Waals surface area contributed by atoms with E-state index in [0.29, 0.717) is 12.5 Å². The predicted octanol–water partition coefficient (Wildman–Crippen LogP) is 2.00. The number of aryl methyl sites for hydroxylation is 1. The summed E-state index contributed by atoms with van der Waals surface area (Å²) >= 11 is 0. The van der Waals surface area contributed by atoms with Gasteiger partial charge < -0.3 is 19.9 Å². The third-order valence-corrected chi connectivity index (χ3v) is 4.53. The quantitative estimate of drug-likeness (QED) is 0.826. The number of imidazole rings is 1. The highest BCUT2D eigenvalue weighted by molar-refractivity contribution is 5.73. The molecule has 0 bridgehead atoms. The molecule has 1 aliphatic rings. The number of urea groups is 1. The van der Waals surface area contributed by atoms with Gasteiger partial charge in [0.15, 0.2) is 0 Å². The van der Waals surface area contributed by atoms with Crippen molar-refractivity contribution < 1.29 is 23.1 Å². The maximum absolute atomic E-state index is 13.3. The van der Waals surface area contributed by atoms with Crippen molar-refractivity contribution in [3.8, 4) is 0 Å². The maximum Gasteiger partial charge on any atom is 0.424 e. The second-order valence-corrected chi connectivity index (χ2v) is 6.38. The molecule has 1 aliphatic carbocycles. The van der Waals surface area contributed by atoms with Gasteiger partial charge in [-0.25, -0.2) is 9.78 Å². The van der Waals surface area contributed by atoms with Crippen LogP contribution in [0, 0.1) is 5.92 Å². The molecular formula is C15H23F3N4O2. The lowest BCUT2D eigenvalue weighted by Gasteiger charge is -2.31. The molecule has 1 aromatic heterocycles. The minimum absolute atomic E-state index is 0.309. The van der Waals surface area contributed by atoms with Crippen LogP contribution in [0.5, 0.6) is 0 Å². The number of hydrogen-bond donors (Lipinski definition) is 2. The van der Waals surface area contributed by atoms with Crippen LogP contribution in [0.1, 0.15) is 31.5 Å². The van der Waals surface area contributed by atoms with E-state index in [1.165, 1.54) is 24.3 Å². The molecule has 136 valence electrons. The summed E-state index contributed by atoms with van der Waals surface area (Å²) in [7, 11) is 2.99. The molecule has 2 amide bonds. The first kappa shape index (κ1) is 18.6. The Bertz CT molecular complexity index is 571.